The summed E-state index contributed by atoms with van der Waals surface area (Å²) in [5, 5.41) is 8.52. The van der Waals surface area contributed by atoms with Crippen molar-refractivity contribution in [2.24, 2.45) is 0 Å². The second-order valence-corrected chi connectivity index (χ2v) is 2.75. The topological polar surface area (TPSA) is 20.2 Å². The minimum atomic E-state index is -0.500. The predicted molar refractivity (Wildman–Crippen MR) is 37.6 cm³/mol. The second-order valence-electron chi connectivity index (χ2n) is 2.75. The van der Waals surface area contributed by atoms with E-state index in [2.05, 4.69) is 0 Å². The smallest absolute Gasteiger partial charge is 0.391 e. The third-order valence-corrected chi connectivity index (χ3v) is 0. The van der Waals surface area contributed by atoms with Crippen LogP contribution in [0.15, 0.2) is 0 Å². The first-order valence-corrected chi connectivity index (χ1v) is 2.88. The van der Waals surface area contributed by atoms with Crippen molar-refractivity contribution >= 4 is 0 Å². The van der Waals surface area contributed by atoms with E-state index in [4.69, 9.17) is 5.11 Å². The molecular formula is C7H17CuO. The number of rotatable bonds is 0. The summed E-state index contributed by atoms with van der Waals surface area (Å²) in [6.45, 7) is 9.23. The summed E-state index contributed by atoms with van der Waals surface area (Å²) in [5.41, 5.74) is -0.500. The molecule has 0 bridgehead atoms. The maximum atomic E-state index is 8.52. The van der Waals surface area contributed by atoms with Gasteiger partial charge in [-0.05, 0) is 20.8 Å². The Bertz CT molecular complexity index is 32.7. The molecule has 0 aromatic rings. The van der Waals surface area contributed by atoms with E-state index in [1.54, 1.807) is 20.8 Å². The maximum absolute atomic E-state index is 8.52. The summed E-state index contributed by atoms with van der Waals surface area (Å²) < 4.78 is 0. The van der Waals surface area contributed by atoms with Crippen molar-refractivity contribution < 1.29 is 22.2 Å². The van der Waals surface area contributed by atoms with Crippen LogP contribution < -0.4 is 0 Å². The van der Waals surface area contributed by atoms with Crippen molar-refractivity contribution in [2.75, 3.05) is 0 Å². The van der Waals surface area contributed by atoms with Gasteiger partial charge >= 0.3 is 17.1 Å². The Balaban J connectivity index is -0.0000000800. The van der Waals surface area contributed by atoms with Crippen LogP contribution in [0, 0.1) is 6.42 Å². The zero-order chi connectivity index (χ0) is 7.21. The zero-order valence-electron chi connectivity index (χ0n) is 6.83. The van der Waals surface area contributed by atoms with Gasteiger partial charge in [0.1, 0.15) is 0 Å². The van der Waals surface area contributed by atoms with Crippen molar-refractivity contribution in [2.45, 2.75) is 40.2 Å². The SMILES string of the molecule is CC(C)(C)O.C[CH-]C.[Cu+]. The summed E-state index contributed by atoms with van der Waals surface area (Å²) in [6, 6.07) is 0. The molecule has 2 heteroatoms. The molecule has 0 aliphatic heterocycles. The Morgan fingerprint density at radius 1 is 1.11 bits per heavy atom. The van der Waals surface area contributed by atoms with Crippen molar-refractivity contribution in [1.82, 2.24) is 0 Å². The van der Waals surface area contributed by atoms with Gasteiger partial charge in [-0.2, -0.15) is 13.8 Å². The van der Waals surface area contributed by atoms with Crippen molar-refractivity contribution in [1.29, 1.82) is 0 Å². The van der Waals surface area contributed by atoms with Crippen molar-refractivity contribution in [3.05, 3.63) is 6.42 Å². The van der Waals surface area contributed by atoms with Gasteiger partial charge in [-0.15, -0.1) is 0 Å². The van der Waals surface area contributed by atoms with Gasteiger partial charge in [0, 0.05) is 0 Å². The molecule has 0 saturated carbocycles. The first-order chi connectivity index (χ1) is 3.41. The number of hydrogen-bond acceptors (Lipinski definition) is 1. The van der Waals surface area contributed by atoms with E-state index in [1.165, 1.54) is 0 Å². The van der Waals surface area contributed by atoms with Crippen LogP contribution in [0.4, 0.5) is 0 Å². The molecule has 0 radical (unpaired) electrons. The van der Waals surface area contributed by atoms with Gasteiger partial charge in [-0.3, -0.25) is 0 Å². The van der Waals surface area contributed by atoms with Gasteiger partial charge in [-0.1, -0.05) is 0 Å². The van der Waals surface area contributed by atoms with E-state index in [0.717, 1.165) is 0 Å². The first-order valence-electron chi connectivity index (χ1n) is 2.88. The average molecular weight is 181 g/mol. The van der Waals surface area contributed by atoms with Gasteiger partial charge in [0.25, 0.3) is 0 Å². The molecule has 0 atom stereocenters. The summed E-state index contributed by atoms with van der Waals surface area (Å²) in [6.07, 6.45) is 2.00. The standard InChI is InChI=1S/C4H10O.C3H7.Cu/c1-4(2,3)5;1-3-2;/h5H,1-3H3;3H,1-2H3;/q;-1;+1. The Kier molecular flexibility index (Phi) is 15.3. The number of hydrogen-bond donors (Lipinski definition) is 1. The molecule has 0 aromatic heterocycles. The molecule has 0 spiro atoms. The van der Waals surface area contributed by atoms with Gasteiger partial charge in [0.15, 0.2) is 0 Å². The fourth-order valence-corrected chi connectivity index (χ4v) is 0. The molecule has 0 unspecified atom stereocenters. The molecular weight excluding hydrogens is 164 g/mol. The van der Waals surface area contributed by atoms with Crippen LogP contribution in [0.1, 0.15) is 34.6 Å². The van der Waals surface area contributed by atoms with Gasteiger partial charge in [-0.25, -0.2) is 0 Å². The molecule has 0 amide bonds. The molecule has 0 aliphatic rings. The van der Waals surface area contributed by atoms with Crippen LogP contribution in [0.2, 0.25) is 0 Å². The molecule has 0 rings (SSSR count). The summed E-state index contributed by atoms with van der Waals surface area (Å²) >= 11 is 0. The molecule has 0 saturated heterocycles. The second kappa shape index (κ2) is 8.48. The maximum Gasteiger partial charge on any atom is 1.00 e. The zero-order valence-corrected chi connectivity index (χ0v) is 7.77. The van der Waals surface area contributed by atoms with Crippen LogP contribution in [0.3, 0.4) is 0 Å². The Morgan fingerprint density at radius 3 is 1.11 bits per heavy atom. The normalized spacial score (nSPS) is 8.67. The van der Waals surface area contributed by atoms with Crippen molar-refractivity contribution in [3.63, 3.8) is 0 Å². The Hall–Kier alpha value is 0.479. The quantitative estimate of drug-likeness (QED) is 0.447. The van der Waals surface area contributed by atoms with E-state index in [1.807, 2.05) is 20.3 Å². The van der Waals surface area contributed by atoms with E-state index in [9.17, 15) is 0 Å². The van der Waals surface area contributed by atoms with Crippen LogP contribution in [0.5, 0.6) is 0 Å². The first kappa shape index (κ1) is 16.2. The third kappa shape index (κ3) is 1550. The van der Waals surface area contributed by atoms with Gasteiger partial charge in [0.05, 0.1) is 5.60 Å². The van der Waals surface area contributed by atoms with Crippen LogP contribution in [0.25, 0.3) is 0 Å². The predicted octanol–water partition coefficient (Wildman–Crippen LogP) is 2.01. The molecule has 0 aromatic carbocycles. The fraction of sp³-hybridized carbons (Fsp3) is 0.857. The van der Waals surface area contributed by atoms with Gasteiger partial charge in [0.2, 0.25) is 0 Å². The van der Waals surface area contributed by atoms with E-state index >= 15 is 0 Å². The Labute approximate surface area is 69.3 Å². The van der Waals surface area contributed by atoms with Crippen LogP contribution >= 0.6 is 0 Å². The van der Waals surface area contributed by atoms with Crippen LogP contribution in [-0.2, 0) is 17.1 Å². The molecule has 0 heterocycles. The van der Waals surface area contributed by atoms with E-state index in [0.29, 0.717) is 0 Å². The molecule has 62 valence electrons. The summed E-state index contributed by atoms with van der Waals surface area (Å²) in [7, 11) is 0. The largest absolute Gasteiger partial charge is 1.00 e. The van der Waals surface area contributed by atoms with E-state index in [-0.39, 0.29) is 17.1 Å². The molecule has 0 fully saturated rings. The monoisotopic (exact) mass is 180 g/mol. The minimum Gasteiger partial charge on any atom is -0.391 e. The Morgan fingerprint density at radius 2 is 1.11 bits per heavy atom. The summed E-state index contributed by atoms with van der Waals surface area (Å²) in [4.78, 5) is 0. The molecule has 1 N–H and O–H groups in total. The minimum absolute atomic E-state index is 0. The molecule has 9 heavy (non-hydrogen) atoms. The number of aliphatic hydroxyl groups is 1. The van der Waals surface area contributed by atoms with E-state index < -0.39 is 5.60 Å². The molecule has 1 nitrogen and oxygen atoms in total. The third-order valence-electron chi connectivity index (χ3n) is 0. The van der Waals surface area contributed by atoms with Gasteiger partial charge < -0.3 is 11.5 Å². The van der Waals surface area contributed by atoms with Crippen LogP contribution in [-0.4, -0.2) is 10.7 Å². The molecule has 0 aliphatic carbocycles. The van der Waals surface area contributed by atoms with Crippen molar-refractivity contribution in [3.8, 4) is 0 Å². The summed E-state index contributed by atoms with van der Waals surface area (Å²) in [5.74, 6) is 0. The average Bonchev–Trinajstić information content (AvgIpc) is 1.27. The fourth-order valence-electron chi connectivity index (χ4n) is 0.